The summed E-state index contributed by atoms with van der Waals surface area (Å²) in [6.45, 7) is 0. The van der Waals surface area contributed by atoms with Crippen LogP contribution < -0.4 is 0 Å². The molecule has 0 amide bonds. The summed E-state index contributed by atoms with van der Waals surface area (Å²) in [5.74, 6) is 0.292. The molecule has 4 aromatic rings. The van der Waals surface area contributed by atoms with Gasteiger partial charge in [-0.2, -0.15) is 0 Å². The van der Waals surface area contributed by atoms with Crippen molar-refractivity contribution in [1.29, 1.82) is 0 Å². The first-order valence-electron chi connectivity index (χ1n) is 8.44. The van der Waals surface area contributed by atoms with Crippen LogP contribution in [0.5, 0.6) is 5.75 Å². The van der Waals surface area contributed by atoms with Gasteiger partial charge in [-0.15, -0.1) is 0 Å². The van der Waals surface area contributed by atoms with Crippen molar-refractivity contribution in [2.24, 2.45) is 0 Å². The largest absolute Gasteiger partial charge is 0.508 e. The van der Waals surface area contributed by atoms with Gasteiger partial charge in [0, 0.05) is 0 Å². The highest BCUT2D eigenvalue weighted by molar-refractivity contribution is 5.32. The molecule has 0 saturated heterocycles. The summed E-state index contributed by atoms with van der Waals surface area (Å²) >= 11 is 0. The average Bonchev–Trinajstić information content (AvgIpc) is 2.67. The molecule has 1 aliphatic carbocycles. The standard InChI is InChI=1S/C24H16O/c25-16-13-14-23-21-11-4-3-9-19(21)17-7-1-2-8-18(17)20-10-5-6-12-22(20)24(23)15-16/h1-15,25H/b19-17-,20-18-,23-21-,24-22-. The molecule has 0 unspecified atom stereocenters. The Labute approximate surface area is 144 Å². The third-order valence-electron chi connectivity index (χ3n) is 4.95. The van der Waals surface area contributed by atoms with E-state index in [9.17, 15) is 5.11 Å². The lowest BCUT2D eigenvalue weighted by molar-refractivity contribution is 0.474. The molecule has 0 heterocycles. The molecule has 0 bridgehead atoms. The first-order valence-corrected chi connectivity index (χ1v) is 8.44. The predicted molar refractivity (Wildman–Crippen MR) is 98.1 cm³/mol. The van der Waals surface area contributed by atoms with Gasteiger partial charge in [0.2, 0.25) is 0 Å². The Morgan fingerprint density at radius 1 is 0.360 bits per heavy atom. The van der Waals surface area contributed by atoms with Crippen LogP contribution in [-0.2, 0) is 0 Å². The van der Waals surface area contributed by atoms with Crippen molar-refractivity contribution in [3.8, 4) is 5.75 Å². The van der Waals surface area contributed by atoms with Crippen LogP contribution in [0.2, 0.25) is 0 Å². The van der Waals surface area contributed by atoms with E-state index >= 15 is 0 Å². The fraction of sp³-hybridized carbons (Fsp3) is 0. The van der Waals surface area contributed by atoms with E-state index in [2.05, 4.69) is 72.8 Å². The smallest absolute Gasteiger partial charge is 0.116 e. The van der Waals surface area contributed by atoms with Crippen molar-refractivity contribution in [3.63, 3.8) is 0 Å². The van der Waals surface area contributed by atoms with Crippen LogP contribution in [0, 0.1) is 41.7 Å². The van der Waals surface area contributed by atoms with Crippen molar-refractivity contribution in [2.45, 2.75) is 0 Å². The molecule has 0 spiro atoms. The van der Waals surface area contributed by atoms with Gasteiger partial charge in [-0.25, -0.2) is 0 Å². The van der Waals surface area contributed by atoms with E-state index < -0.39 is 0 Å². The number of benzene rings is 4. The second-order valence-electron chi connectivity index (χ2n) is 6.37. The third-order valence-corrected chi connectivity index (χ3v) is 4.95. The molecule has 25 heavy (non-hydrogen) atoms. The maximum absolute atomic E-state index is 10.1. The predicted octanol–water partition coefficient (Wildman–Crippen LogP) is 4.85. The number of hydrogen-bond acceptors (Lipinski definition) is 1. The van der Waals surface area contributed by atoms with Crippen LogP contribution >= 0.6 is 0 Å². The quantitative estimate of drug-likeness (QED) is 0.432. The van der Waals surface area contributed by atoms with E-state index in [4.69, 9.17) is 0 Å². The van der Waals surface area contributed by atoms with Gasteiger partial charge < -0.3 is 5.11 Å². The first-order chi connectivity index (χ1) is 12.3. The summed E-state index contributed by atoms with van der Waals surface area (Å²) in [6, 6.07) is 31.2. The highest BCUT2D eigenvalue weighted by Crippen LogP contribution is 2.16. The maximum atomic E-state index is 10.1. The van der Waals surface area contributed by atoms with Gasteiger partial charge in [0.15, 0.2) is 0 Å². The minimum Gasteiger partial charge on any atom is -0.508 e. The molecule has 1 heteroatoms. The topological polar surface area (TPSA) is 20.2 Å². The van der Waals surface area contributed by atoms with Crippen LogP contribution in [0.1, 0.15) is 0 Å². The Morgan fingerprint density at radius 2 is 0.680 bits per heavy atom. The molecule has 1 nitrogen and oxygen atoms in total. The van der Waals surface area contributed by atoms with Crippen molar-refractivity contribution < 1.29 is 5.11 Å². The highest BCUT2D eigenvalue weighted by atomic mass is 16.3. The molecule has 1 N–H and O–H groups in total. The molecular weight excluding hydrogens is 304 g/mol. The zero-order valence-electron chi connectivity index (χ0n) is 13.6. The summed E-state index contributed by atoms with van der Waals surface area (Å²) in [5.41, 5.74) is 0. The minimum absolute atomic E-state index is 0.292. The first kappa shape index (κ1) is 14.1. The number of rotatable bonds is 0. The summed E-state index contributed by atoms with van der Waals surface area (Å²) < 4.78 is 0. The van der Waals surface area contributed by atoms with Crippen LogP contribution in [0.25, 0.3) is 0 Å². The van der Waals surface area contributed by atoms with Crippen LogP contribution in [0.4, 0.5) is 0 Å². The number of phenols is 1. The number of hydrogen-bond donors (Lipinski definition) is 1. The fourth-order valence-electron chi connectivity index (χ4n) is 3.85. The second kappa shape index (κ2) is 5.35. The van der Waals surface area contributed by atoms with Crippen LogP contribution in [0.3, 0.4) is 0 Å². The van der Waals surface area contributed by atoms with E-state index in [0.29, 0.717) is 5.75 Å². The lowest BCUT2D eigenvalue weighted by Gasteiger charge is -2.02. The number of phenolic OH excluding ortho intramolecular Hbond substituents is 1. The molecule has 4 aromatic carbocycles. The number of fused-ring (bicyclic) bond motifs is 4. The second-order valence-corrected chi connectivity index (χ2v) is 6.37. The fourth-order valence-corrected chi connectivity index (χ4v) is 3.85. The van der Waals surface area contributed by atoms with Gasteiger partial charge in [-0.05, 0) is 53.9 Å². The van der Waals surface area contributed by atoms with Crippen molar-refractivity contribution in [1.82, 2.24) is 0 Å². The molecule has 0 atom stereocenters. The zero-order chi connectivity index (χ0) is 16.8. The Hall–Kier alpha value is -3.32. The van der Waals surface area contributed by atoms with E-state index in [0.717, 1.165) is 15.7 Å². The van der Waals surface area contributed by atoms with Gasteiger partial charge in [0.25, 0.3) is 0 Å². The molecule has 0 fully saturated rings. The molecule has 0 aromatic heterocycles. The molecule has 0 aliphatic heterocycles. The van der Waals surface area contributed by atoms with E-state index in [1.165, 1.54) is 26.1 Å². The monoisotopic (exact) mass is 320 g/mol. The average molecular weight is 320 g/mol. The molecule has 5 rings (SSSR count). The third kappa shape index (κ3) is 2.10. The van der Waals surface area contributed by atoms with Gasteiger partial charge in [0.05, 0.1) is 0 Å². The van der Waals surface area contributed by atoms with Gasteiger partial charge in [-0.1, -0.05) is 78.9 Å². The summed E-state index contributed by atoms with van der Waals surface area (Å²) in [6.07, 6.45) is 0. The minimum atomic E-state index is 0.292. The van der Waals surface area contributed by atoms with Gasteiger partial charge >= 0.3 is 0 Å². The van der Waals surface area contributed by atoms with E-state index in [1.807, 2.05) is 12.1 Å². The molecule has 118 valence electrons. The molecule has 0 radical (unpaired) electrons. The Kier molecular flexibility index (Phi) is 3.01. The normalized spacial score (nSPS) is 17.1. The maximum Gasteiger partial charge on any atom is 0.116 e. The Balaban J connectivity index is 2.46. The summed E-state index contributed by atoms with van der Waals surface area (Å²) in [4.78, 5) is 0. The lowest BCUT2D eigenvalue weighted by Crippen LogP contribution is -1.89. The van der Waals surface area contributed by atoms with Gasteiger partial charge in [-0.3, -0.25) is 0 Å². The van der Waals surface area contributed by atoms with Crippen molar-refractivity contribution in [3.05, 3.63) is 133 Å². The van der Waals surface area contributed by atoms with Gasteiger partial charge in [0.1, 0.15) is 5.75 Å². The van der Waals surface area contributed by atoms with E-state index in [-0.39, 0.29) is 0 Å². The summed E-state index contributed by atoms with van der Waals surface area (Å²) in [5, 5.41) is 19.6. The Morgan fingerprint density at radius 3 is 1.08 bits per heavy atom. The summed E-state index contributed by atoms with van der Waals surface area (Å²) in [7, 11) is 0. The van der Waals surface area contributed by atoms with Crippen LogP contribution in [0.15, 0.2) is 91.0 Å². The molecule has 1 aliphatic rings. The van der Waals surface area contributed by atoms with Crippen molar-refractivity contribution >= 4 is 0 Å². The lowest BCUT2D eigenvalue weighted by atomic mass is 10.0. The molecular formula is C24H16O. The van der Waals surface area contributed by atoms with E-state index in [1.54, 1.807) is 6.07 Å². The SMILES string of the molecule is Oc1ccc2/c(c1)=c1/cccc/c1=c1\cccc\c1=c1/cccc/c1=2. The highest BCUT2D eigenvalue weighted by Gasteiger charge is 2.00. The number of aromatic hydroxyl groups is 1. The van der Waals surface area contributed by atoms with Crippen molar-refractivity contribution in [2.75, 3.05) is 0 Å². The Bertz CT molecular complexity index is 1500. The van der Waals surface area contributed by atoms with Crippen LogP contribution in [-0.4, -0.2) is 5.11 Å². The molecule has 0 saturated carbocycles. The zero-order valence-corrected chi connectivity index (χ0v) is 13.6.